The van der Waals surface area contributed by atoms with Gasteiger partial charge in [0.2, 0.25) is 0 Å². The zero-order valence-electron chi connectivity index (χ0n) is 22.0. The van der Waals surface area contributed by atoms with Crippen molar-refractivity contribution in [3.63, 3.8) is 0 Å². The van der Waals surface area contributed by atoms with Gasteiger partial charge in [-0.05, 0) is 53.5 Å². The Balaban J connectivity index is 2.11. The summed E-state index contributed by atoms with van der Waals surface area (Å²) in [5.41, 5.74) is 6.02. The Morgan fingerprint density at radius 1 is 0.857 bits per heavy atom. The number of hydrogen-bond acceptors (Lipinski definition) is 2. The molecule has 1 aliphatic carbocycles. The molecule has 0 N–H and O–H groups in total. The topological polar surface area (TPSA) is 34.1 Å². The van der Waals surface area contributed by atoms with Gasteiger partial charge in [-0.1, -0.05) is 114 Å². The molecule has 2 heteroatoms. The SMILES string of the molecule is C=CCCCC(=O)C(C=O)c1cccc2c1C(CCCCCC)(CCCCCC)c1ccccc1-2. The fourth-order valence-corrected chi connectivity index (χ4v) is 6.11. The molecule has 1 unspecified atom stereocenters. The second-order valence-corrected chi connectivity index (χ2v) is 10.3. The molecule has 0 aliphatic heterocycles. The highest BCUT2D eigenvalue weighted by Gasteiger charge is 2.44. The largest absolute Gasteiger partial charge is 0.302 e. The summed E-state index contributed by atoms with van der Waals surface area (Å²) in [6.45, 7) is 8.28. The van der Waals surface area contributed by atoms with E-state index in [-0.39, 0.29) is 11.2 Å². The van der Waals surface area contributed by atoms with Crippen LogP contribution in [0.25, 0.3) is 11.1 Å². The molecule has 188 valence electrons. The van der Waals surface area contributed by atoms with Crippen LogP contribution in [0.15, 0.2) is 55.1 Å². The molecule has 0 saturated carbocycles. The van der Waals surface area contributed by atoms with Crippen molar-refractivity contribution in [2.24, 2.45) is 0 Å². The molecule has 0 saturated heterocycles. The zero-order chi connectivity index (χ0) is 25.1. The number of carbonyl (C=O) groups excluding carboxylic acids is 2. The predicted molar refractivity (Wildman–Crippen MR) is 148 cm³/mol. The average molecular weight is 473 g/mol. The summed E-state index contributed by atoms with van der Waals surface area (Å²) >= 11 is 0. The highest BCUT2D eigenvalue weighted by Crippen LogP contribution is 2.56. The number of aldehydes is 1. The number of ketones is 1. The second-order valence-electron chi connectivity index (χ2n) is 10.3. The molecule has 0 bridgehead atoms. The summed E-state index contributed by atoms with van der Waals surface area (Å²) in [6.07, 6.45) is 16.6. The molecule has 0 aromatic heterocycles. The van der Waals surface area contributed by atoms with Crippen LogP contribution in [0.3, 0.4) is 0 Å². The van der Waals surface area contributed by atoms with Crippen molar-refractivity contribution in [2.75, 3.05) is 0 Å². The van der Waals surface area contributed by atoms with E-state index in [2.05, 4.69) is 56.8 Å². The standard InChI is InChI=1S/C33H44O2/c1-4-7-10-15-23-33(24-16-11-8-5-2)30-21-14-13-18-26(30)27-19-17-20-28(32(27)33)29(25-34)31(35)22-12-9-6-3/h6,13-14,17-21,25,29H,3-5,7-12,15-16,22-24H2,1-2H3. The smallest absolute Gasteiger partial charge is 0.147 e. The lowest BCUT2D eigenvalue weighted by Gasteiger charge is -2.35. The van der Waals surface area contributed by atoms with Gasteiger partial charge < -0.3 is 4.79 Å². The van der Waals surface area contributed by atoms with Gasteiger partial charge in [-0.2, -0.15) is 0 Å². The van der Waals surface area contributed by atoms with Gasteiger partial charge in [-0.25, -0.2) is 0 Å². The normalized spacial score (nSPS) is 14.2. The fourth-order valence-electron chi connectivity index (χ4n) is 6.11. The molecule has 2 aromatic rings. The molecule has 2 nitrogen and oxygen atoms in total. The van der Waals surface area contributed by atoms with Crippen molar-refractivity contribution in [1.29, 1.82) is 0 Å². The van der Waals surface area contributed by atoms with Crippen LogP contribution in [0.5, 0.6) is 0 Å². The molecule has 0 spiro atoms. The maximum Gasteiger partial charge on any atom is 0.147 e. The first kappa shape index (κ1) is 27.1. The molecule has 2 aromatic carbocycles. The van der Waals surface area contributed by atoms with Crippen molar-refractivity contribution in [1.82, 2.24) is 0 Å². The zero-order valence-corrected chi connectivity index (χ0v) is 22.0. The first-order valence-corrected chi connectivity index (χ1v) is 14.0. The number of benzene rings is 2. The van der Waals surface area contributed by atoms with Gasteiger partial charge in [0.25, 0.3) is 0 Å². The minimum atomic E-state index is -0.685. The third-order valence-electron chi connectivity index (χ3n) is 7.87. The van der Waals surface area contributed by atoms with Crippen LogP contribution >= 0.6 is 0 Å². The van der Waals surface area contributed by atoms with Crippen LogP contribution in [-0.2, 0) is 15.0 Å². The van der Waals surface area contributed by atoms with Gasteiger partial charge >= 0.3 is 0 Å². The first-order valence-electron chi connectivity index (χ1n) is 14.0. The van der Waals surface area contributed by atoms with E-state index in [9.17, 15) is 9.59 Å². The van der Waals surface area contributed by atoms with Crippen LogP contribution in [0.4, 0.5) is 0 Å². The molecule has 0 fully saturated rings. The minimum absolute atomic E-state index is 0.0390. The Hall–Kier alpha value is -2.48. The van der Waals surface area contributed by atoms with Gasteiger partial charge in [0.05, 0.1) is 5.92 Å². The van der Waals surface area contributed by atoms with Crippen LogP contribution in [0, 0.1) is 0 Å². The van der Waals surface area contributed by atoms with E-state index in [0.717, 1.165) is 37.5 Å². The van der Waals surface area contributed by atoms with Gasteiger partial charge in [-0.3, -0.25) is 4.79 Å². The van der Waals surface area contributed by atoms with Crippen LogP contribution in [0.1, 0.15) is 120 Å². The quantitative estimate of drug-likeness (QED) is 0.0995. The predicted octanol–water partition coefficient (Wildman–Crippen LogP) is 9.10. The summed E-state index contributed by atoms with van der Waals surface area (Å²) in [4.78, 5) is 25.7. The molecular weight excluding hydrogens is 428 g/mol. The lowest BCUT2D eigenvalue weighted by Crippen LogP contribution is -2.29. The number of rotatable bonds is 17. The molecule has 35 heavy (non-hydrogen) atoms. The van der Waals surface area contributed by atoms with Crippen molar-refractivity contribution in [3.05, 3.63) is 71.8 Å². The van der Waals surface area contributed by atoms with Crippen molar-refractivity contribution < 1.29 is 9.59 Å². The Bertz CT molecular complexity index is 974. The number of hydrogen-bond donors (Lipinski definition) is 0. The molecular formula is C33H44O2. The summed E-state index contributed by atoms with van der Waals surface area (Å²) < 4.78 is 0. The number of unbranched alkanes of at least 4 members (excludes halogenated alkanes) is 7. The molecule has 3 rings (SSSR count). The van der Waals surface area contributed by atoms with E-state index < -0.39 is 5.92 Å². The maximum atomic E-state index is 13.3. The number of fused-ring (bicyclic) bond motifs is 3. The third-order valence-corrected chi connectivity index (χ3v) is 7.87. The van der Waals surface area contributed by atoms with Crippen molar-refractivity contribution in [3.8, 4) is 11.1 Å². The van der Waals surface area contributed by atoms with Gasteiger partial charge in [0.1, 0.15) is 12.1 Å². The highest BCUT2D eigenvalue weighted by molar-refractivity contribution is 6.00. The fraction of sp³-hybridized carbons (Fsp3) is 0.515. The molecule has 1 atom stereocenters. The highest BCUT2D eigenvalue weighted by atomic mass is 16.1. The van der Waals surface area contributed by atoms with Gasteiger partial charge in [-0.15, -0.1) is 6.58 Å². The molecule has 0 heterocycles. The number of allylic oxidation sites excluding steroid dienone is 1. The summed E-state index contributed by atoms with van der Waals surface area (Å²) in [5.74, 6) is -0.646. The lowest BCUT2D eigenvalue weighted by molar-refractivity contribution is -0.124. The molecule has 1 aliphatic rings. The van der Waals surface area contributed by atoms with E-state index in [0.29, 0.717) is 6.42 Å². The van der Waals surface area contributed by atoms with Crippen molar-refractivity contribution >= 4 is 12.1 Å². The van der Waals surface area contributed by atoms with Crippen LogP contribution in [-0.4, -0.2) is 12.1 Å². The van der Waals surface area contributed by atoms with E-state index in [4.69, 9.17) is 0 Å². The van der Waals surface area contributed by atoms with E-state index in [1.165, 1.54) is 73.6 Å². The Morgan fingerprint density at radius 2 is 1.51 bits per heavy atom. The summed E-state index contributed by atoms with van der Waals surface area (Å²) in [5, 5.41) is 0. The van der Waals surface area contributed by atoms with E-state index >= 15 is 0 Å². The minimum Gasteiger partial charge on any atom is -0.302 e. The van der Waals surface area contributed by atoms with E-state index in [1.807, 2.05) is 12.1 Å². The summed E-state index contributed by atoms with van der Waals surface area (Å²) in [7, 11) is 0. The van der Waals surface area contributed by atoms with Gasteiger partial charge in [0.15, 0.2) is 0 Å². The van der Waals surface area contributed by atoms with Gasteiger partial charge in [0, 0.05) is 11.8 Å². The Labute approximate surface area is 213 Å². The molecule has 0 radical (unpaired) electrons. The lowest BCUT2D eigenvalue weighted by atomic mass is 9.68. The average Bonchev–Trinajstić information content (AvgIpc) is 3.16. The molecule has 0 amide bonds. The second kappa shape index (κ2) is 13.6. The monoisotopic (exact) mass is 472 g/mol. The van der Waals surface area contributed by atoms with Crippen molar-refractivity contribution in [2.45, 2.75) is 109 Å². The Kier molecular flexibility index (Phi) is 10.5. The van der Waals surface area contributed by atoms with Crippen LogP contribution in [0.2, 0.25) is 0 Å². The Morgan fingerprint density at radius 3 is 2.14 bits per heavy atom. The maximum absolute atomic E-state index is 13.3. The first-order chi connectivity index (χ1) is 17.1. The van der Waals surface area contributed by atoms with E-state index in [1.54, 1.807) is 0 Å². The number of carbonyl (C=O) groups is 2. The third kappa shape index (κ3) is 6.02. The van der Waals surface area contributed by atoms with Crippen LogP contribution < -0.4 is 0 Å². The number of Topliss-reactive ketones (excluding diaryl/α,β-unsaturated/α-hetero) is 1. The summed E-state index contributed by atoms with van der Waals surface area (Å²) in [6, 6.07) is 15.1.